The Morgan fingerprint density at radius 3 is 2.42 bits per heavy atom. The summed E-state index contributed by atoms with van der Waals surface area (Å²) < 4.78 is 28.0. The smallest absolute Gasteiger partial charge is 0.252 e. The molecule has 5 heteroatoms. The average Bonchev–Trinajstić information content (AvgIpc) is 1.83. The summed E-state index contributed by atoms with van der Waals surface area (Å²) in [5.74, 6) is 0. The van der Waals surface area contributed by atoms with Crippen molar-refractivity contribution in [3.63, 3.8) is 0 Å². The minimum absolute atomic E-state index is 0.200. The second kappa shape index (κ2) is 4.23. The van der Waals surface area contributed by atoms with Crippen LogP contribution in [0.2, 0.25) is 0 Å². The number of rotatable bonds is 4. The van der Waals surface area contributed by atoms with Crippen molar-refractivity contribution in [2.45, 2.75) is 38.7 Å². The zero-order chi connectivity index (χ0) is 9.78. The first kappa shape index (κ1) is 11.1. The van der Waals surface area contributed by atoms with Crippen LogP contribution in [0.3, 0.4) is 0 Å². The van der Waals surface area contributed by atoms with Gasteiger partial charge in [0.25, 0.3) is 6.16 Å². The summed E-state index contributed by atoms with van der Waals surface area (Å²) in [6, 6.07) is 0. The Morgan fingerprint density at radius 1 is 1.67 bits per heavy atom. The first-order chi connectivity index (χ1) is 5.39. The zero-order valence-corrected chi connectivity index (χ0v) is 6.97. The zero-order valence-electron chi connectivity index (χ0n) is 6.97. The van der Waals surface area contributed by atoms with Gasteiger partial charge in [-0.15, -0.1) is 0 Å². The lowest BCUT2D eigenvalue weighted by molar-refractivity contribution is -0.296. The summed E-state index contributed by atoms with van der Waals surface area (Å²) >= 11 is 0. The Morgan fingerprint density at radius 2 is 2.17 bits per heavy atom. The standard InChI is InChI=1S/C7H12F2O3/c1-3-7(2,4-5(8)9)12-6(10)11/h5H,3-4H2,1-2H3,(H,10,11)/p-1. The maximum absolute atomic E-state index is 11.9. The average molecular weight is 181 g/mol. The van der Waals surface area contributed by atoms with E-state index in [-0.39, 0.29) is 6.42 Å². The van der Waals surface area contributed by atoms with Crippen molar-refractivity contribution < 1.29 is 23.4 Å². The number of carbonyl (C=O) groups is 1. The number of carboxylic acid groups (broad SMARTS) is 1. The van der Waals surface area contributed by atoms with E-state index in [0.29, 0.717) is 0 Å². The second-order valence-corrected chi connectivity index (χ2v) is 2.75. The summed E-state index contributed by atoms with van der Waals surface area (Å²) in [5.41, 5.74) is -1.33. The lowest BCUT2D eigenvalue weighted by atomic mass is 9.99. The number of hydrogen-bond acceptors (Lipinski definition) is 3. The summed E-state index contributed by atoms with van der Waals surface area (Å²) in [7, 11) is 0. The fourth-order valence-electron chi connectivity index (χ4n) is 0.786. The van der Waals surface area contributed by atoms with E-state index in [9.17, 15) is 18.7 Å². The highest BCUT2D eigenvalue weighted by molar-refractivity contribution is 5.54. The Hall–Kier alpha value is -0.870. The SMILES string of the molecule is CCC(C)(CC(F)F)OC(=O)[O-]. The number of carbonyl (C=O) groups excluding carboxylic acids is 1. The molecule has 0 aromatic carbocycles. The Balaban J connectivity index is 4.13. The van der Waals surface area contributed by atoms with Gasteiger partial charge in [-0.1, -0.05) is 6.92 Å². The van der Waals surface area contributed by atoms with Crippen molar-refractivity contribution in [1.82, 2.24) is 0 Å². The highest BCUT2D eigenvalue weighted by atomic mass is 19.3. The predicted octanol–water partition coefficient (Wildman–Crippen LogP) is 1.17. The van der Waals surface area contributed by atoms with E-state index in [1.165, 1.54) is 6.92 Å². The van der Waals surface area contributed by atoms with Gasteiger partial charge in [-0.05, 0) is 13.3 Å². The van der Waals surface area contributed by atoms with Crippen LogP contribution in [-0.2, 0) is 4.74 Å². The van der Waals surface area contributed by atoms with E-state index in [4.69, 9.17) is 0 Å². The molecule has 0 radical (unpaired) electrons. The normalized spacial score (nSPS) is 15.8. The van der Waals surface area contributed by atoms with Crippen molar-refractivity contribution >= 4 is 6.16 Å². The second-order valence-electron chi connectivity index (χ2n) is 2.75. The molecule has 1 unspecified atom stereocenters. The Bertz CT molecular complexity index is 161. The number of ether oxygens (including phenoxy) is 1. The van der Waals surface area contributed by atoms with Crippen molar-refractivity contribution in [2.75, 3.05) is 0 Å². The van der Waals surface area contributed by atoms with Crippen LogP contribution in [0.4, 0.5) is 13.6 Å². The summed E-state index contributed by atoms with van der Waals surface area (Å²) in [5, 5.41) is 9.98. The van der Waals surface area contributed by atoms with E-state index < -0.39 is 24.6 Å². The van der Waals surface area contributed by atoms with Gasteiger partial charge in [0.2, 0.25) is 6.43 Å². The molecular formula is C7H11F2O3-. The molecule has 0 N–H and O–H groups in total. The van der Waals surface area contributed by atoms with Crippen LogP contribution >= 0.6 is 0 Å². The molecule has 12 heavy (non-hydrogen) atoms. The Labute approximate surface area is 69.3 Å². The molecular weight excluding hydrogens is 170 g/mol. The lowest BCUT2D eigenvalue weighted by Crippen LogP contribution is -2.38. The maximum Gasteiger partial charge on any atom is 0.252 e. The molecule has 0 bridgehead atoms. The van der Waals surface area contributed by atoms with Gasteiger partial charge in [0, 0.05) is 6.42 Å². The molecule has 0 rings (SSSR count). The molecule has 0 saturated heterocycles. The molecule has 0 aliphatic heterocycles. The van der Waals surface area contributed by atoms with Crippen molar-refractivity contribution in [3.05, 3.63) is 0 Å². The van der Waals surface area contributed by atoms with Gasteiger partial charge in [0.15, 0.2) is 0 Å². The van der Waals surface area contributed by atoms with Crippen LogP contribution in [0.1, 0.15) is 26.7 Å². The van der Waals surface area contributed by atoms with Gasteiger partial charge in [0.05, 0.1) is 5.60 Å². The van der Waals surface area contributed by atoms with Crippen molar-refractivity contribution in [1.29, 1.82) is 0 Å². The van der Waals surface area contributed by atoms with E-state index in [1.54, 1.807) is 6.92 Å². The third kappa shape index (κ3) is 4.10. The molecule has 3 nitrogen and oxygen atoms in total. The van der Waals surface area contributed by atoms with Gasteiger partial charge in [-0.25, -0.2) is 8.78 Å². The van der Waals surface area contributed by atoms with Gasteiger partial charge >= 0.3 is 0 Å². The molecule has 0 aromatic rings. The van der Waals surface area contributed by atoms with E-state index >= 15 is 0 Å². The van der Waals surface area contributed by atoms with Crippen LogP contribution in [0, 0.1) is 0 Å². The molecule has 0 aliphatic rings. The molecule has 0 aromatic heterocycles. The maximum atomic E-state index is 11.9. The number of alkyl halides is 2. The third-order valence-electron chi connectivity index (χ3n) is 1.66. The van der Waals surface area contributed by atoms with Gasteiger partial charge in [-0.2, -0.15) is 0 Å². The molecule has 0 saturated carbocycles. The third-order valence-corrected chi connectivity index (χ3v) is 1.66. The van der Waals surface area contributed by atoms with Gasteiger partial charge in [-0.3, -0.25) is 0 Å². The first-order valence-corrected chi connectivity index (χ1v) is 3.58. The quantitative estimate of drug-likeness (QED) is 0.611. The van der Waals surface area contributed by atoms with Crippen LogP contribution in [0.5, 0.6) is 0 Å². The van der Waals surface area contributed by atoms with Crippen molar-refractivity contribution in [2.24, 2.45) is 0 Å². The molecule has 0 amide bonds. The highest BCUT2D eigenvalue weighted by Crippen LogP contribution is 2.23. The van der Waals surface area contributed by atoms with Crippen LogP contribution in [0.15, 0.2) is 0 Å². The highest BCUT2D eigenvalue weighted by Gasteiger charge is 2.25. The molecule has 1 atom stereocenters. The number of hydrogen-bond donors (Lipinski definition) is 0. The van der Waals surface area contributed by atoms with Gasteiger partial charge in [0.1, 0.15) is 0 Å². The molecule has 0 aliphatic carbocycles. The summed E-state index contributed by atoms with van der Waals surface area (Å²) in [6.07, 6.45) is -4.74. The summed E-state index contributed by atoms with van der Waals surface area (Å²) in [6.45, 7) is 2.89. The van der Waals surface area contributed by atoms with E-state index in [0.717, 1.165) is 0 Å². The Kier molecular flexibility index (Phi) is 3.92. The van der Waals surface area contributed by atoms with Crippen LogP contribution < -0.4 is 5.11 Å². The topological polar surface area (TPSA) is 49.4 Å². The fourth-order valence-corrected chi connectivity index (χ4v) is 0.786. The molecule has 72 valence electrons. The van der Waals surface area contributed by atoms with Gasteiger partial charge < -0.3 is 14.6 Å². The molecule has 0 fully saturated rings. The largest absolute Gasteiger partial charge is 0.543 e. The first-order valence-electron chi connectivity index (χ1n) is 3.58. The van der Waals surface area contributed by atoms with Crippen LogP contribution in [0.25, 0.3) is 0 Å². The predicted molar refractivity (Wildman–Crippen MR) is 35.8 cm³/mol. The van der Waals surface area contributed by atoms with Crippen LogP contribution in [-0.4, -0.2) is 18.2 Å². The lowest BCUT2D eigenvalue weighted by Gasteiger charge is -2.32. The molecule has 0 spiro atoms. The monoisotopic (exact) mass is 181 g/mol. The fraction of sp³-hybridized carbons (Fsp3) is 0.857. The van der Waals surface area contributed by atoms with E-state index in [2.05, 4.69) is 4.74 Å². The number of halogens is 2. The van der Waals surface area contributed by atoms with Crippen molar-refractivity contribution in [3.8, 4) is 0 Å². The molecule has 0 heterocycles. The van der Waals surface area contributed by atoms with E-state index in [1.807, 2.05) is 0 Å². The minimum Gasteiger partial charge on any atom is -0.543 e. The summed E-state index contributed by atoms with van der Waals surface area (Å²) in [4.78, 5) is 9.98. The minimum atomic E-state index is -2.57.